The average Bonchev–Trinajstić information content (AvgIpc) is 2.58. The summed E-state index contributed by atoms with van der Waals surface area (Å²) in [7, 11) is 0. The minimum Gasteiger partial charge on any atom is -0.504 e. The summed E-state index contributed by atoms with van der Waals surface area (Å²) in [6, 6.07) is 12.8. The van der Waals surface area contributed by atoms with E-state index in [0.29, 0.717) is 5.69 Å². The topological polar surface area (TPSA) is 123 Å². The van der Waals surface area contributed by atoms with Crippen LogP contribution in [0.3, 0.4) is 0 Å². The first kappa shape index (κ1) is 16.8. The molecule has 0 aliphatic carbocycles. The number of rotatable bonds is 6. The fourth-order valence-electron chi connectivity index (χ4n) is 1.77. The molecular weight excluding hydrogens is 310 g/mol. The number of allylic oxidation sites excluding steroid dienone is 1. The number of aromatic hydroxyl groups is 2. The maximum atomic E-state index is 11.8. The van der Waals surface area contributed by atoms with E-state index in [0.717, 1.165) is 6.08 Å². The zero-order valence-corrected chi connectivity index (χ0v) is 12.5. The van der Waals surface area contributed by atoms with Crippen LogP contribution in [0, 0.1) is 5.41 Å². The second-order valence-corrected chi connectivity index (χ2v) is 4.71. The lowest BCUT2D eigenvalue weighted by atomic mass is 10.2. The van der Waals surface area contributed by atoms with Crippen molar-refractivity contribution in [2.24, 2.45) is 0 Å². The summed E-state index contributed by atoms with van der Waals surface area (Å²) in [6.45, 7) is 0. The normalized spacial score (nSPS) is 10.3. The SMILES string of the molecule is N=C(C(=O)/C=C\Nc1cccc(O)c1O)C(=O)Nc1ccccc1. The average molecular weight is 325 g/mol. The van der Waals surface area contributed by atoms with Crippen LogP contribution in [0.5, 0.6) is 11.5 Å². The number of anilines is 2. The van der Waals surface area contributed by atoms with Gasteiger partial charge >= 0.3 is 0 Å². The monoisotopic (exact) mass is 325 g/mol. The lowest BCUT2D eigenvalue weighted by molar-refractivity contribution is -0.113. The molecule has 0 bridgehead atoms. The molecule has 0 spiro atoms. The molecule has 0 aromatic heterocycles. The van der Waals surface area contributed by atoms with Gasteiger partial charge in [0.05, 0.1) is 5.69 Å². The summed E-state index contributed by atoms with van der Waals surface area (Å²) in [5, 5.41) is 31.5. The van der Waals surface area contributed by atoms with Gasteiger partial charge in [-0.25, -0.2) is 0 Å². The van der Waals surface area contributed by atoms with E-state index in [1.807, 2.05) is 0 Å². The predicted molar refractivity (Wildman–Crippen MR) is 90.3 cm³/mol. The molecule has 2 aromatic carbocycles. The van der Waals surface area contributed by atoms with Crippen molar-refractivity contribution in [3.05, 3.63) is 60.8 Å². The van der Waals surface area contributed by atoms with E-state index in [1.165, 1.54) is 24.4 Å². The lowest BCUT2D eigenvalue weighted by Crippen LogP contribution is -2.28. The Kier molecular flexibility index (Phi) is 5.30. The summed E-state index contributed by atoms with van der Waals surface area (Å²) in [6.07, 6.45) is 2.15. The number of ketones is 1. The Balaban J connectivity index is 1.94. The number of phenols is 2. The Morgan fingerprint density at radius 2 is 1.71 bits per heavy atom. The third-order valence-electron chi connectivity index (χ3n) is 2.99. The van der Waals surface area contributed by atoms with Crippen LogP contribution in [-0.2, 0) is 9.59 Å². The summed E-state index contributed by atoms with van der Waals surface area (Å²) < 4.78 is 0. The van der Waals surface area contributed by atoms with E-state index in [4.69, 9.17) is 5.41 Å². The van der Waals surface area contributed by atoms with Crippen molar-refractivity contribution in [1.82, 2.24) is 0 Å². The third kappa shape index (κ3) is 4.20. The predicted octanol–water partition coefficient (Wildman–Crippen LogP) is 2.25. The Labute approximate surface area is 137 Å². The van der Waals surface area contributed by atoms with Crippen molar-refractivity contribution in [3.63, 3.8) is 0 Å². The van der Waals surface area contributed by atoms with Gasteiger partial charge in [0.15, 0.2) is 17.2 Å². The van der Waals surface area contributed by atoms with Gasteiger partial charge in [0, 0.05) is 18.0 Å². The van der Waals surface area contributed by atoms with Crippen LogP contribution in [0.15, 0.2) is 60.8 Å². The van der Waals surface area contributed by atoms with Crippen LogP contribution < -0.4 is 10.6 Å². The smallest absolute Gasteiger partial charge is 0.277 e. The molecule has 2 rings (SSSR count). The molecule has 0 unspecified atom stereocenters. The van der Waals surface area contributed by atoms with Crippen LogP contribution in [0.2, 0.25) is 0 Å². The Morgan fingerprint density at radius 3 is 2.42 bits per heavy atom. The van der Waals surface area contributed by atoms with Gasteiger partial charge < -0.3 is 20.8 Å². The first-order valence-corrected chi connectivity index (χ1v) is 6.92. The van der Waals surface area contributed by atoms with E-state index in [1.54, 1.807) is 30.3 Å². The fourth-order valence-corrected chi connectivity index (χ4v) is 1.77. The van der Waals surface area contributed by atoms with Gasteiger partial charge in [-0.1, -0.05) is 24.3 Å². The fraction of sp³-hybridized carbons (Fsp3) is 0. The maximum Gasteiger partial charge on any atom is 0.277 e. The van der Waals surface area contributed by atoms with Gasteiger partial charge in [-0.3, -0.25) is 15.0 Å². The van der Waals surface area contributed by atoms with Crippen LogP contribution in [0.25, 0.3) is 0 Å². The zero-order valence-electron chi connectivity index (χ0n) is 12.5. The van der Waals surface area contributed by atoms with Crippen LogP contribution in [-0.4, -0.2) is 27.6 Å². The van der Waals surface area contributed by atoms with Gasteiger partial charge in [-0.2, -0.15) is 0 Å². The van der Waals surface area contributed by atoms with Gasteiger partial charge in [0.25, 0.3) is 5.91 Å². The second-order valence-electron chi connectivity index (χ2n) is 4.71. The summed E-state index contributed by atoms with van der Waals surface area (Å²) >= 11 is 0. The van der Waals surface area contributed by atoms with Crippen LogP contribution in [0.1, 0.15) is 0 Å². The highest BCUT2D eigenvalue weighted by Gasteiger charge is 2.16. The number of phenolic OH excluding ortho intramolecular Hbond substituents is 2. The van der Waals surface area contributed by atoms with E-state index in [-0.39, 0.29) is 17.2 Å². The molecule has 0 heterocycles. The molecule has 24 heavy (non-hydrogen) atoms. The lowest BCUT2D eigenvalue weighted by Gasteiger charge is -2.05. The maximum absolute atomic E-state index is 11.8. The first-order chi connectivity index (χ1) is 11.5. The number of hydrogen-bond donors (Lipinski definition) is 5. The highest BCUT2D eigenvalue weighted by Crippen LogP contribution is 2.32. The Bertz CT molecular complexity index is 801. The number of hydrogen-bond acceptors (Lipinski definition) is 6. The Morgan fingerprint density at radius 1 is 1.00 bits per heavy atom. The van der Waals surface area contributed by atoms with E-state index >= 15 is 0 Å². The number of benzene rings is 2. The molecule has 0 aliphatic heterocycles. The number of nitrogens with one attached hydrogen (secondary N) is 3. The van der Waals surface area contributed by atoms with Crippen molar-refractivity contribution >= 4 is 28.8 Å². The molecule has 0 aliphatic rings. The quantitative estimate of drug-likeness (QED) is 0.241. The van der Waals surface area contributed by atoms with E-state index in [2.05, 4.69) is 10.6 Å². The summed E-state index contributed by atoms with van der Waals surface area (Å²) in [4.78, 5) is 23.6. The molecule has 0 fully saturated rings. The van der Waals surface area contributed by atoms with Gasteiger partial charge in [-0.15, -0.1) is 0 Å². The Hall–Kier alpha value is -3.61. The molecule has 2 aromatic rings. The molecule has 0 saturated carbocycles. The first-order valence-electron chi connectivity index (χ1n) is 6.92. The van der Waals surface area contributed by atoms with Crippen molar-refractivity contribution in [2.75, 3.05) is 10.6 Å². The van der Waals surface area contributed by atoms with Crippen LogP contribution in [0.4, 0.5) is 11.4 Å². The van der Waals surface area contributed by atoms with Gasteiger partial charge in [0.2, 0.25) is 5.78 Å². The van der Waals surface area contributed by atoms with Crippen molar-refractivity contribution < 1.29 is 19.8 Å². The molecule has 122 valence electrons. The molecule has 7 nitrogen and oxygen atoms in total. The second kappa shape index (κ2) is 7.59. The molecule has 0 saturated heterocycles. The number of carbonyl (C=O) groups is 2. The zero-order chi connectivity index (χ0) is 17.5. The van der Waals surface area contributed by atoms with Crippen LogP contribution >= 0.6 is 0 Å². The summed E-state index contributed by atoms with van der Waals surface area (Å²) in [5.41, 5.74) is -0.0665. The molecule has 0 atom stereocenters. The molecule has 0 radical (unpaired) electrons. The molecule has 7 heteroatoms. The van der Waals surface area contributed by atoms with E-state index in [9.17, 15) is 19.8 Å². The summed E-state index contributed by atoms with van der Waals surface area (Å²) in [5.74, 6) is -2.31. The highest BCUT2D eigenvalue weighted by molar-refractivity contribution is 6.68. The van der Waals surface area contributed by atoms with Crippen molar-refractivity contribution in [1.29, 1.82) is 5.41 Å². The van der Waals surface area contributed by atoms with Gasteiger partial charge in [-0.05, 0) is 24.3 Å². The largest absolute Gasteiger partial charge is 0.504 e. The standard InChI is InChI=1S/C17H15N3O4/c18-15(17(24)20-11-5-2-1-3-6-11)13(21)9-10-19-12-7-4-8-14(22)16(12)23/h1-10,18-19,22-23H,(H,20,24)/b10-9-,18-15?. The van der Waals surface area contributed by atoms with Gasteiger partial charge in [0.1, 0.15) is 0 Å². The van der Waals surface area contributed by atoms with E-state index < -0.39 is 17.4 Å². The third-order valence-corrected chi connectivity index (χ3v) is 2.99. The minimum atomic E-state index is -0.823. The van der Waals surface area contributed by atoms with Crippen molar-refractivity contribution in [3.8, 4) is 11.5 Å². The van der Waals surface area contributed by atoms with Crippen molar-refractivity contribution in [2.45, 2.75) is 0 Å². The minimum absolute atomic E-state index is 0.180. The molecule has 5 N–H and O–H groups in total. The number of amides is 1. The number of para-hydroxylation sites is 2. The number of carbonyl (C=O) groups excluding carboxylic acids is 2. The molecular formula is C17H15N3O4. The molecule has 1 amide bonds. The highest BCUT2D eigenvalue weighted by atomic mass is 16.3.